The summed E-state index contributed by atoms with van der Waals surface area (Å²) >= 11 is 0. The first-order valence-electron chi connectivity index (χ1n) is 6.63. The molecule has 0 saturated carbocycles. The molecule has 1 atom stereocenters. The maximum absolute atomic E-state index is 12.9. The lowest BCUT2D eigenvalue weighted by Gasteiger charge is -2.28. The number of anilines is 1. The number of aryl methyl sites for hydroxylation is 1. The molecule has 0 heterocycles. The fourth-order valence-corrected chi connectivity index (χ4v) is 4.49. The molecule has 0 aliphatic heterocycles. The summed E-state index contributed by atoms with van der Waals surface area (Å²) in [5.74, 6) is 0. The third kappa shape index (κ3) is 3.13. The van der Waals surface area contributed by atoms with Crippen LogP contribution in [0.2, 0.25) is 0 Å². The molecule has 0 bridgehead atoms. The molecule has 20 heavy (non-hydrogen) atoms. The minimum absolute atomic E-state index is 0.227. The Bertz CT molecular complexity index is 570. The lowest BCUT2D eigenvalue weighted by Crippen LogP contribution is -2.41. The van der Waals surface area contributed by atoms with E-state index in [1.807, 2.05) is 13.8 Å². The second-order valence-electron chi connectivity index (χ2n) is 4.94. The van der Waals surface area contributed by atoms with Gasteiger partial charge in [-0.25, -0.2) is 8.42 Å². The summed E-state index contributed by atoms with van der Waals surface area (Å²) in [5, 5.41) is 0. The monoisotopic (exact) mass is 300 g/mol. The van der Waals surface area contributed by atoms with Crippen LogP contribution < -0.4 is 5.73 Å². The zero-order valence-electron chi connectivity index (χ0n) is 12.8. The highest BCUT2D eigenvalue weighted by Gasteiger charge is 2.30. The van der Waals surface area contributed by atoms with Gasteiger partial charge in [0.25, 0.3) is 0 Å². The maximum Gasteiger partial charge on any atom is 0.243 e. The van der Waals surface area contributed by atoms with Crippen LogP contribution in [-0.2, 0) is 14.8 Å². The summed E-state index contributed by atoms with van der Waals surface area (Å²) in [6, 6.07) is 3.25. The van der Waals surface area contributed by atoms with Crippen molar-refractivity contribution in [3.05, 3.63) is 23.3 Å². The van der Waals surface area contributed by atoms with E-state index in [2.05, 4.69) is 0 Å². The maximum atomic E-state index is 12.9. The van der Waals surface area contributed by atoms with Crippen molar-refractivity contribution < 1.29 is 13.2 Å². The summed E-state index contributed by atoms with van der Waals surface area (Å²) in [6.07, 6.45) is 0. The number of ether oxygens (including phenoxy) is 1. The fraction of sp³-hybridized carbons (Fsp3) is 0.571. The largest absolute Gasteiger partial charge is 0.398 e. The lowest BCUT2D eigenvalue weighted by atomic mass is 10.1. The van der Waals surface area contributed by atoms with Gasteiger partial charge in [0.2, 0.25) is 10.0 Å². The standard InChI is InChI=1S/C14H24N2O3S/c1-6-16(11(3)9-19-5)20(17,18)14-10(2)7-8-13(15)12(14)4/h7-8,11H,6,9,15H2,1-5H3. The summed E-state index contributed by atoms with van der Waals surface area (Å²) in [7, 11) is -2.02. The molecule has 0 radical (unpaired) electrons. The topological polar surface area (TPSA) is 72.6 Å². The van der Waals surface area contributed by atoms with Crippen LogP contribution in [0.3, 0.4) is 0 Å². The molecule has 1 aromatic carbocycles. The molecule has 2 N–H and O–H groups in total. The Morgan fingerprint density at radius 2 is 1.95 bits per heavy atom. The molecular weight excluding hydrogens is 276 g/mol. The van der Waals surface area contributed by atoms with Crippen molar-refractivity contribution in [3.63, 3.8) is 0 Å². The smallest absolute Gasteiger partial charge is 0.243 e. The Balaban J connectivity index is 3.39. The fourth-order valence-electron chi connectivity index (χ4n) is 2.40. The Morgan fingerprint density at radius 1 is 1.35 bits per heavy atom. The van der Waals surface area contributed by atoms with Crippen molar-refractivity contribution in [1.82, 2.24) is 4.31 Å². The molecule has 0 amide bonds. The van der Waals surface area contributed by atoms with E-state index in [1.165, 1.54) is 4.31 Å². The minimum atomic E-state index is -3.58. The van der Waals surface area contributed by atoms with Gasteiger partial charge in [0.05, 0.1) is 11.5 Å². The first-order chi connectivity index (χ1) is 9.27. The van der Waals surface area contributed by atoms with Crippen molar-refractivity contribution in [2.75, 3.05) is 26.0 Å². The van der Waals surface area contributed by atoms with Crippen LogP contribution in [-0.4, -0.2) is 39.0 Å². The molecule has 6 heteroatoms. The van der Waals surface area contributed by atoms with Crippen LogP contribution in [0.15, 0.2) is 17.0 Å². The Hall–Kier alpha value is -1.11. The van der Waals surface area contributed by atoms with Crippen LogP contribution >= 0.6 is 0 Å². The van der Waals surface area contributed by atoms with E-state index < -0.39 is 10.0 Å². The number of hydrogen-bond acceptors (Lipinski definition) is 4. The number of nitrogens with zero attached hydrogens (tertiary/aromatic N) is 1. The Labute approximate surface area is 121 Å². The van der Waals surface area contributed by atoms with E-state index in [4.69, 9.17) is 10.5 Å². The molecule has 5 nitrogen and oxygen atoms in total. The number of nitrogen functional groups attached to an aromatic ring is 1. The minimum Gasteiger partial charge on any atom is -0.398 e. The van der Waals surface area contributed by atoms with E-state index in [9.17, 15) is 8.42 Å². The second-order valence-corrected chi connectivity index (χ2v) is 6.77. The molecular formula is C14H24N2O3S. The molecule has 0 aliphatic carbocycles. The third-order valence-electron chi connectivity index (χ3n) is 3.42. The molecule has 1 unspecified atom stereocenters. The molecule has 0 saturated heterocycles. The SMILES string of the molecule is CCN(C(C)COC)S(=O)(=O)c1c(C)ccc(N)c1C. The summed E-state index contributed by atoms with van der Waals surface area (Å²) in [6.45, 7) is 7.93. The third-order valence-corrected chi connectivity index (χ3v) is 5.80. The van der Waals surface area contributed by atoms with Crippen molar-refractivity contribution in [1.29, 1.82) is 0 Å². The van der Waals surface area contributed by atoms with Crippen molar-refractivity contribution in [3.8, 4) is 0 Å². The normalized spacial score (nSPS) is 13.7. The van der Waals surface area contributed by atoms with Gasteiger partial charge in [-0.05, 0) is 38.0 Å². The van der Waals surface area contributed by atoms with Gasteiger partial charge in [-0.15, -0.1) is 0 Å². The molecule has 114 valence electrons. The second kappa shape index (κ2) is 6.56. The number of rotatable bonds is 6. The Morgan fingerprint density at radius 3 is 2.45 bits per heavy atom. The summed E-state index contributed by atoms with van der Waals surface area (Å²) < 4.78 is 32.3. The number of methoxy groups -OCH3 is 1. The van der Waals surface area contributed by atoms with Gasteiger partial charge in [-0.3, -0.25) is 0 Å². The van der Waals surface area contributed by atoms with Gasteiger partial charge in [0.1, 0.15) is 0 Å². The molecule has 0 aromatic heterocycles. The van der Waals surface area contributed by atoms with Crippen molar-refractivity contribution in [2.45, 2.75) is 38.6 Å². The summed E-state index contributed by atoms with van der Waals surface area (Å²) in [4.78, 5) is 0.308. The molecule has 1 rings (SSSR count). The average molecular weight is 300 g/mol. The van der Waals surface area contributed by atoms with Gasteiger partial charge >= 0.3 is 0 Å². The number of sulfonamides is 1. The predicted octanol–water partition coefficient (Wildman–Crippen LogP) is 1.93. The highest BCUT2D eigenvalue weighted by molar-refractivity contribution is 7.89. The molecule has 0 aliphatic rings. The molecule has 0 fully saturated rings. The highest BCUT2D eigenvalue weighted by Crippen LogP contribution is 2.28. The first kappa shape index (κ1) is 16.9. The first-order valence-corrected chi connectivity index (χ1v) is 8.07. The number of hydrogen-bond donors (Lipinski definition) is 1. The van der Waals surface area contributed by atoms with E-state index in [0.717, 1.165) is 0 Å². The van der Waals surface area contributed by atoms with Crippen molar-refractivity contribution >= 4 is 15.7 Å². The van der Waals surface area contributed by atoms with Crippen LogP contribution in [0.1, 0.15) is 25.0 Å². The van der Waals surface area contributed by atoms with Gasteiger partial charge in [0, 0.05) is 25.4 Å². The highest BCUT2D eigenvalue weighted by atomic mass is 32.2. The van der Waals surface area contributed by atoms with Crippen LogP contribution in [0.5, 0.6) is 0 Å². The number of nitrogens with two attached hydrogens (primary N) is 1. The Kier molecular flexibility index (Phi) is 5.56. The summed E-state index contributed by atoms with van der Waals surface area (Å²) in [5.41, 5.74) is 7.66. The predicted molar refractivity (Wildman–Crippen MR) is 81.2 cm³/mol. The van der Waals surface area contributed by atoms with Gasteiger partial charge in [-0.1, -0.05) is 13.0 Å². The van der Waals surface area contributed by atoms with E-state index in [0.29, 0.717) is 34.9 Å². The lowest BCUT2D eigenvalue weighted by molar-refractivity contribution is 0.142. The van der Waals surface area contributed by atoms with Crippen LogP contribution in [0.25, 0.3) is 0 Å². The number of benzene rings is 1. The number of likely N-dealkylation sites (N-methyl/N-ethyl adjacent to an activating group) is 1. The van der Waals surface area contributed by atoms with Crippen LogP contribution in [0.4, 0.5) is 5.69 Å². The van der Waals surface area contributed by atoms with Gasteiger partial charge < -0.3 is 10.5 Å². The molecule has 1 aromatic rings. The van der Waals surface area contributed by atoms with Gasteiger partial charge in [-0.2, -0.15) is 4.31 Å². The quantitative estimate of drug-likeness (QED) is 0.815. The zero-order valence-corrected chi connectivity index (χ0v) is 13.6. The molecule has 0 spiro atoms. The van der Waals surface area contributed by atoms with E-state index in [-0.39, 0.29) is 6.04 Å². The van der Waals surface area contributed by atoms with Gasteiger partial charge in [0.15, 0.2) is 0 Å². The van der Waals surface area contributed by atoms with E-state index >= 15 is 0 Å². The van der Waals surface area contributed by atoms with Crippen molar-refractivity contribution in [2.24, 2.45) is 0 Å². The zero-order chi connectivity index (χ0) is 15.5. The van der Waals surface area contributed by atoms with Crippen LogP contribution in [0, 0.1) is 13.8 Å². The van der Waals surface area contributed by atoms with E-state index in [1.54, 1.807) is 33.1 Å². The average Bonchev–Trinajstić information content (AvgIpc) is 2.35.